The fourth-order valence-corrected chi connectivity index (χ4v) is 3.89. The summed E-state index contributed by atoms with van der Waals surface area (Å²) in [5.41, 5.74) is 1.26. The van der Waals surface area contributed by atoms with E-state index in [1.54, 1.807) is 0 Å². The van der Waals surface area contributed by atoms with E-state index >= 15 is 0 Å². The van der Waals surface area contributed by atoms with Gasteiger partial charge in [-0.2, -0.15) is 0 Å². The summed E-state index contributed by atoms with van der Waals surface area (Å²) < 4.78 is 11.7. The van der Waals surface area contributed by atoms with Gasteiger partial charge in [0.25, 0.3) is 0 Å². The van der Waals surface area contributed by atoms with E-state index in [2.05, 4.69) is 57.2 Å². The van der Waals surface area contributed by atoms with Crippen LogP contribution in [0.25, 0.3) is 6.08 Å². The lowest BCUT2D eigenvalue weighted by molar-refractivity contribution is -0.0651. The molecule has 0 radical (unpaired) electrons. The zero-order chi connectivity index (χ0) is 21.1. The minimum Gasteiger partial charge on any atom is -0.444 e. The van der Waals surface area contributed by atoms with Crippen LogP contribution in [0.15, 0.2) is 30.3 Å². The van der Waals surface area contributed by atoms with Crippen molar-refractivity contribution in [2.75, 3.05) is 6.61 Å². The number of carbonyl (C=O) groups excluding carboxylic acids is 1. The van der Waals surface area contributed by atoms with Gasteiger partial charge in [0.15, 0.2) is 0 Å². The van der Waals surface area contributed by atoms with Gasteiger partial charge in [-0.1, -0.05) is 62.2 Å². The molecule has 1 saturated heterocycles. The highest BCUT2D eigenvalue weighted by molar-refractivity contribution is 5.70. The van der Waals surface area contributed by atoms with Gasteiger partial charge in [-0.15, -0.1) is 0 Å². The molecule has 156 valence electrons. The smallest absolute Gasteiger partial charge is 0.412 e. The molecule has 0 N–H and O–H groups in total. The molecule has 28 heavy (non-hydrogen) atoms. The number of carbonyl (C=O) groups is 1. The molecule has 4 heteroatoms. The molecular weight excluding hydrogens is 350 g/mol. The molecule has 1 heterocycles. The molecule has 0 bridgehead atoms. The topological polar surface area (TPSA) is 38.8 Å². The number of aryl methyl sites for hydroxylation is 1. The predicted molar refractivity (Wildman–Crippen MR) is 115 cm³/mol. The van der Waals surface area contributed by atoms with Crippen molar-refractivity contribution in [2.45, 2.75) is 79.2 Å². The van der Waals surface area contributed by atoms with Gasteiger partial charge >= 0.3 is 6.09 Å². The van der Waals surface area contributed by atoms with Crippen LogP contribution < -0.4 is 0 Å². The number of benzene rings is 1. The first kappa shape index (κ1) is 22.5. The van der Waals surface area contributed by atoms with Crippen LogP contribution in [0.3, 0.4) is 0 Å². The van der Waals surface area contributed by atoms with E-state index < -0.39 is 11.3 Å². The third-order valence-electron chi connectivity index (χ3n) is 5.42. The standard InChI is InChI=1S/C24H37NO3/c1-9-20(18(3)12-15-19-13-10-17(2)11-14-19)21-16-27-24(7,8)25(21)22(26)28-23(4,5)6/h10-15,18,20-21H,9,16H2,1-8H3. The Hall–Kier alpha value is -1.81. The number of ether oxygens (including phenoxy) is 2. The van der Waals surface area contributed by atoms with Crippen molar-refractivity contribution in [2.24, 2.45) is 11.8 Å². The van der Waals surface area contributed by atoms with E-state index in [-0.39, 0.29) is 18.1 Å². The van der Waals surface area contributed by atoms with Crippen LogP contribution in [0.1, 0.15) is 66.0 Å². The van der Waals surface area contributed by atoms with Gasteiger partial charge < -0.3 is 9.47 Å². The summed E-state index contributed by atoms with van der Waals surface area (Å²) in [6.07, 6.45) is 5.08. The van der Waals surface area contributed by atoms with Crippen LogP contribution in [0.2, 0.25) is 0 Å². The Morgan fingerprint density at radius 3 is 2.46 bits per heavy atom. The molecule has 2 rings (SSSR count). The molecule has 3 atom stereocenters. The van der Waals surface area contributed by atoms with E-state index in [4.69, 9.17) is 9.47 Å². The van der Waals surface area contributed by atoms with Crippen molar-refractivity contribution in [1.82, 2.24) is 4.90 Å². The number of rotatable bonds is 5. The fraction of sp³-hybridized carbons (Fsp3) is 0.625. The molecule has 1 aromatic rings. The lowest BCUT2D eigenvalue weighted by Crippen LogP contribution is -2.52. The van der Waals surface area contributed by atoms with Gasteiger partial charge in [-0.05, 0) is 58.9 Å². The van der Waals surface area contributed by atoms with Gasteiger partial charge in [0, 0.05) is 0 Å². The molecule has 1 aliphatic heterocycles. The van der Waals surface area contributed by atoms with Crippen LogP contribution in [-0.2, 0) is 9.47 Å². The monoisotopic (exact) mass is 387 g/mol. The van der Waals surface area contributed by atoms with E-state index in [1.165, 1.54) is 11.1 Å². The summed E-state index contributed by atoms with van der Waals surface area (Å²) in [6.45, 7) is 16.6. The van der Waals surface area contributed by atoms with Crippen LogP contribution in [0, 0.1) is 18.8 Å². The van der Waals surface area contributed by atoms with E-state index in [1.807, 2.05) is 39.5 Å². The van der Waals surface area contributed by atoms with Crippen LogP contribution in [0.4, 0.5) is 4.79 Å². The number of hydrogen-bond donors (Lipinski definition) is 0. The average molecular weight is 388 g/mol. The summed E-state index contributed by atoms with van der Waals surface area (Å²) in [5, 5.41) is 0. The van der Waals surface area contributed by atoms with Crippen molar-refractivity contribution < 1.29 is 14.3 Å². The molecule has 0 spiro atoms. The molecule has 1 fully saturated rings. The highest BCUT2D eigenvalue weighted by Gasteiger charge is 2.48. The van der Waals surface area contributed by atoms with Crippen LogP contribution >= 0.6 is 0 Å². The van der Waals surface area contributed by atoms with Crippen molar-refractivity contribution in [3.05, 3.63) is 41.5 Å². The largest absolute Gasteiger partial charge is 0.444 e. The number of nitrogens with zero attached hydrogens (tertiary/aromatic N) is 1. The Morgan fingerprint density at radius 1 is 1.32 bits per heavy atom. The van der Waals surface area contributed by atoms with Crippen molar-refractivity contribution in [1.29, 1.82) is 0 Å². The molecule has 4 nitrogen and oxygen atoms in total. The summed E-state index contributed by atoms with van der Waals surface area (Å²) in [6, 6.07) is 8.51. The normalized spacial score (nSPS) is 21.7. The minimum atomic E-state index is -0.666. The maximum atomic E-state index is 12.9. The average Bonchev–Trinajstić information content (AvgIpc) is 2.88. The first-order valence-electron chi connectivity index (χ1n) is 10.4. The van der Waals surface area contributed by atoms with Gasteiger partial charge in [0.05, 0.1) is 12.6 Å². The molecule has 0 saturated carbocycles. The maximum absolute atomic E-state index is 12.9. The number of allylic oxidation sites excluding steroid dienone is 1. The third kappa shape index (κ3) is 5.60. The quantitative estimate of drug-likeness (QED) is 0.618. The Bertz CT molecular complexity index is 685. The number of hydrogen-bond acceptors (Lipinski definition) is 3. The summed E-state index contributed by atoms with van der Waals surface area (Å²) in [4.78, 5) is 14.8. The van der Waals surface area contributed by atoms with Gasteiger partial charge in [0.2, 0.25) is 0 Å². The molecule has 0 aliphatic carbocycles. The Balaban J connectivity index is 2.20. The first-order chi connectivity index (χ1) is 12.9. The van der Waals surface area contributed by atoms with Crippen molar-refractivity contribution in [3.63, 3.8) is 0 Å². The van der Waals surface area contributed by atoms with E-state index in [0.717, 1.165) is 6.42 Å². The van der Waals surface area contributed by atoms with E-state index in [9.17, 15) is 4.79 Å². The molecular formula is C24H37NO3. The summed E-state index contributed by atoms with van der Waals surface area (Å²) in [5.74, 6) is 0.592. The summed E-state index contributed by atoms with van der Waals surface area (Å²) >= 11 is 0. The summed E-state index contributed by atoms with van der Waals surface area (Å²) in [7, 11) is 0. The van der Waals surface area contributed by atoms with Crippen molar-refractivity contribution >= 4 is 12.2 Å². The van der Waals surface area contributed by atoms with E-state index in [0.29, 0.717) is 12.5 Å². The molecule has 1 aliphatic rings. The Morgan fingerprint density at radius 2 is 1.93 bits per heavy atom. The predicted octanol–water partition coefficient (Wildman–Crippen LogP) is 6.04. The molecule has 0 aromatic heterocycles. The Kier molecular flexibility index (Phi) is 6.97. The highest BCUT2D eigenvalue weighted by Crippen LogP contribution is 2.37. The number of amides is 1. The van der Waals surface area contributed by atoms with Gasteiger partial charge in [0.1, 0.15) is 11.3 Å². The SMILES string of the molecule is CCC(C(C)C=Cc1ccc(C)cc1)C1COC(C)(C)N1C(=O)OC(C)(C)C. The first-order valence-corrected chi connectivity index (χ1v) is 10.4. The second-order valence-corrected chi connectivity index (χ2v) is 9.38. The molecule has 3 unspecified atom stereocenters. The molecule has 1 aromatic carbocycles. The lowest BCUT2D eigenvalue weighted by atomic mass is 9.84. The van der Waals surface area contributed by atoms with Crippen LogP contribution in [-0.4, -0.2) is 35.0 Å². The lowest BCUT2D eigenvalue weighted by Gasteiger charge is -2.38. The highest BCUT2D eigenvalue weighted by atomic mass is 16.6. The van der Waals surface area contributed by atoms with Gasteiger partial charge in [-0.3, -0.25) is 4.90 Å². The van der Waals surface area contributed by atoms with Crippen LogP contribution in [0.5, 0.6) is 0 Å². The zero-order valence-electron chi connectivity index (χ0n) is 18.8. The second-order valence-electron chi connectivity index (χ2n) is 9.38. The minimum absolute atomic E-state index is 0.00693. The fourth-order valence-electron chi connectivity index (χ4n) is 3.89. The Labute approximate surface area is 170 Å². The van der Waals surface area contributed by atoms with Crippen molar-refractivity contribution in [3.8, 4) is 0 Å². The van der Waals surface area contributed by atoms with Gasteiger partial charge in [-0.25, -0.2) is 4.79 Å². The maximum Gasteiger partial charge on any atom is 0.412 e. The molecule has 1 amide bonds. The second kappa shape index (κ2) is 8.69. The third-order valence-corrected chi connectivity index (χ3v) is 5.42. The zero-order valence-corrected chi connectivity index (χ0v) is 18.8.